The van der Waals surface area contributed by atoms with Crippen molar-refractivity contribution in [3.05, 3.63) is 59.9 Å². The van der Waals surface area contributed by atoms with Crippen LogP contribution in [-0.4, -0.2) is 25.1 Å². The number of carbonyl (C=O) groups is 2. The van der Waals surface area contributed by atoms with Crippen molar-refractivity contribution >= 4 is 17.6 Å². The summed E-state index contributed by atoms with van der Waals surface area (Å²) < 4.78 is 23.8. The minimum Gasteiger partial charge on any atom is -0.494 e. The highest BCUT2D eigenvalue weighted by Crippen LogP contribution is 2.13. The van der Waals surface area contributed by atoms with Gasteiger partial charge in [-0.2, -0.15) is 0 Å². The molecular formula is C19H20FNO4. The van der Waals surface area contributed by atoms with Crippen LogP contribution in [0.1, 0.15) is 18.4 Å². The molecule has 6 heteroatoms. The van der Waals surface area contributed by atoms with E-state index in [1.54, 1.807) is 6.07 Å². The average molecular weight is 345 g/mol. The maximum atomic E-state index is 13.4. The van der Waals surface area contributed by atoms with Crippen LogP contribution in [0.3, 0.4) is 0 Å². The van der Waals surface area contributed by atoms with Crippen LogP contribution >= 0.6 is 0 Å². The van der Waals surface area contributed by atoms with Crippen molar-refractivity contribution < 1.29 is 23.5 Å². The van der Waals surface area contributed by atoms with Crippen molar-refractivity contribution in [3.63, 3.8) is 0 Å². The van der Waals surface area contributed by atoms with E-state index in [0.717, 1.165) is 11.3 Å². The van der Waals surface area contributed by atoms with Gasteiger partial charge in [0.2, 0.25) is 0 Å². The molecule has 0 spiro atoms. The van der Waals surface area contributed by atoms with Crippen LogP contribution in [0.2, 0.25) is 0 Å². The quantitative estimate of drug-likeness (QED) is 0.588. The van der Waals surface area contributed by atoms with Crippen molar-refractivity contribution in [2.75, 3.05) is 18.5 Å². The molecule has 0 aliphatic carbocycles. The number of amides is 1. The molecule has 1 N–H and O–H groups in total. The van der Waals surface area contributed by atoms with Gasteiger partial charge >= 0.3 is 5.97 Å². The predicted molar refractivity (Wildman–Crippen MR) is 91.9 cm³/mol. The van der Waals surface area contributed by atoms with Gasteiger partial charge in [0.25, 0.3) is 5.91 Å². The minimum absolute atomic E-state index is 0.0510. The number of benzene rings is 2. The summed E-state index contributed by atoms with van der Waals surface area (Å²) in [5, 5.41) is 2.34. The summed E-state index contributed by atoms with van der Waals surface area (Å²) in [6.45, 7) is 1.89. The molecule has 0 atom stereocenters. The van der Waals surface area contributed by atoms with E-state index >= 15 is 0 Å². The molecule has 0 bridgehead atoms. The van der Waals surface area contributed by atoms with Gasteiger partial charge in [-0.25, -0.2) is 4.39 Å². The molecule has 1 amide bonds. The molecule has 2 rings (SSSR count). The molecule has 0 saturated carbocycles. The maximum absolute atomic E-state index is 13.4. The summed E-state index contributed by atoms with van der Waals surface area (Å²) in [6, 6.07) is 13.4. The predicted octanol–water partition coefficient (Wildman–Crippen LogP) is 3.48. The Balaban J connectivity index is 1.62. The van der Waals surface area contributed by atoms with Crippen molar-refractivity contribution in [3.8, 4) is 5.75 Å². The number of anilines is 1. The Bertz CT molecular complexity index is 733. The highest BCUT2D eigenvalue weighted by Gasteiger charge is 2.10. The lowest BCUT2D eigenvalue weighted by Gasteiger charge is -2.08. The number of halogens is 1. The Morgan fingerprint density at radius 3 is 2.68 bits per heavy atom. The summed E-state index contributed by atoms with van der Waals surface area (Å²) in [6.07, 6.45) is 0.612. The molecule has 0 saturated heterocycles. The van der Waals surface area contributed by atoms with E-state index < -0.39 is 24.3 Å². The lowest BCUT2D eigenvalue weighted by atomic mass is 10.2. The smallest absolute Gasteiger partial charge is 0.306 e. The monoisotopic (exact) mass is 345 g/mol. The largest absolute Gasteiger partial charge is 0.494 e. The topological polar surface area (TPSA) is 64.6 Å². The fraction of sp³-hybridized carbons (Fsp3) is 0.263. The third kappa shape index (κ3) is 6.63. The van der Waals surface area contributed by atoms with E-state index in [2.05, 4.69) is 5.32 Å². The second-order valence-electron chi connectivity index (χ2n) is 5.46. The third-order valence-corrected chi connectivity index (χ3v) is 3.30. The number of esters is 1. The van der Waals surface area contributed by atoms with Gasteiger partial charge in [-0.05, 0) is 43.2 Å². The lowest BCUT2D eigenvalue weighted by Crippen LogP contribution is -2.21. The summed E-state index contributed by atoms with van der Waals surface area (Å²) in [4.78, 5) is 23.2. The first kappa shape index (κ1) is 18.4. The van der Waals surface area contributed by atoms with Crippen molar-refractivity contribution in [1.82, 2.24) is 0 Å². The number of nitrogens with one attached hydrogen (secondary N) is 1. The molecule has 2 aromatic rings. The second-order valence-corrected chi connectivity index (χ2v) is 5.46. The standard InChI is InChI=1S/C19H20FNO4/c1-14-6-4-7-15(12-14)24-11-5-10-19(23)25-13-18(22)21-17-9-3-2-8-16(17)20/h2-4,6-9,12H,5,10-11,13H2,1H3,(H,21,22). The normalized spacial score (nSPS) is 10.2. The zero-order valence-electron chi connectivity index (χ0n) is 14.0. The van der Waals surface area contributed by atoms with Gasteiger partial charge in [-0.1, -0.05) is 24.3 Å². The van der Waals surface area contributed by atoms with Crippen LogP contribution in [0, 0.1) is 12.7 Å². The van der Waals surface area contributed by atoms with Gasteiger partial charge in [-0.15, -0.1) is 0 Å². The van der Waals surface area contributed by atoms with Crippen LogP contribution in [0.5, 0.6) is 5.75 Å². The highest BCUT2D eigenvalue weighted by atomic mass is 19.1. The molecule has 0 heterocycles. The molecule has 0 aliphatic rings. The van der Waals surface area contributed by atoms with E-state index in [0.29, 0.717) is 13.0 Å². The Morgan fingerprint density at radius 1 is 1.12 bits per heavy atom. The number of carbonyl (C=O) groups excluding carboxylic acids is 2. The molecule has 132 valence electrons. The number of para-hydroxylation sites is 1. The van der Waals surface area contributed by atoms with Gasteiger partial charge < -0.3 is 14.8 Å². The summed E-state index contributed by atoms with van der Waals surface area (Å²) >= 11 is 0. The Kier molecular flexibility index (Phi) is 6.95. The van der Waals surface area contributed by atoms with E-state index in [9.17, 15) is 14.0 Å². The van der Waals surface area contributed by atoms with Crippen molar-refractivity contribution in [2.45, 2.75) is 19.8 Å². The highest BCUT2D eigenvalue weighted by molar-refractivity contribution is 5.92. The van der Waals surface area contributed by atoms with Crippen molar-refractivity contribution in [1.29, 1.82) is 0 Å². The number of hydrogen-bond donors (Lipinski definition) is 1. The summed E-state index contributed by atoms with van der Waals surface area (Å²) in [7, 11) is 0. The van der Waals surface area contributed by atoms with Crippen LogP contribution in [-0.2, 0) is 14.3 Å². The lowest BCUT2D eigenvalue weighted by molar-refractivity contribution is -0.147. The van der Waals surface area contributed by atoms with E-state index in [1.165, 1.54) is 18.2 Å². The van der Waals surface area contributed by atoms with Crippen LogP contribution < -0.4 is 10.1 Å². The molecule has 0 aliphatic heterocycles. The first-order chi connectivity index (χ1) is 12.0. The SMILES string of the molecule is Cc1cccc(OCCCC(=O)OCC(=O)Nc2ccccc2F)c1. The number of ether oxygens (including phenoxy) is 2. The molecular weight excluding hydrogens is 325 g/mol. The number of aryl methyl sites for hydroxylation is 1. The molecule has 0 fully saturated rings. The Labute approximate surface area is 145 Å². The third-order valence-electron chi connectivity index (χ3n) is 3.30. The van der Waals surface area contributed by atoms with Crippen molar-refractivity contribution in [2.24, 2.45) is 0 Å². The molecule has 0 unspecified atom stereocenters. The van der Waals surface area contributed by atoms with Crippen LogP contribution in [0.25, 0.3) is 0 Å². The first-order valence-electron chi connectivity index (χ1n) is 7.94. The Hall–Kier alpha value is -2.89. The first-order valence-corrected chi connectivity index (χ1v) is 7.94. The minimum atomic E-state index is -0.588. The maximum Gasteiger partial charge on any atom is 0.306 e. The molecule has 0 radical (unpaired) electrons. The van der Waals surface area contributed by atoms with Gasteiger partial charge in [-0.3, -0.25) is 9.59 Å². The summed E-state index contributed by atoms with van der Waals surface area (Å²) in [5.41, 5.74) is 1.15. The van der Waals surface area contributed by atoms with Gasteiger partial charge in [0.1, 0.15) is 11.6 Å². The molecule has 25 heavy (non-hydrogen) atoms. The Morgan fingerprint density at radius 2 is 1.92 bits per heavy atom. The van der Waals surface area contributed by atoms with Crippen LogP contribution in [0.4, 0.5) is 10.1 Å². The summed E-state index contributed by atoms with van der Waals surface area (Å²) in [5.74, 6) is -0.890. The van der Waals surface area contributed by atoms with Gasteiger partial charge in [0, 0.05) is 6.42 Å². The zero-order chi connectivity index (χ0) is 18.1. The fourth-order valence-corrected chi connectivity index (χ4v) is 2.08. The number of hydrogen-bond acceptors (Lipinski definition) is 4. The zero-order valence-corrected chi connectivity index (χ0v) is 14.0. The average Bonchev–Trinajstić information content (AvgIpc) is 2.59. The van der Waals surface area contributed by atoms with E-state index in [-0.39, 0.29) is 12.1 Å². The molecule has 2 aromatic carbocycles. The van der Waals surface area contributed by atoms with Gasteiger partial charge in [0.15, 0.2) is 6.61 Å². The number of rotatable bonds is 8. The van der Waals surface area contributed by atoms with E-state index in [1.807, 2.05) is 31.2 Å². The second kappa shape index (κ2) is 9.42. The van der Waals surface area contributed by atoms with Gasteiger partial charge in [0.05, 0.1) is 12.3 Å². The fourth-order valence-electron chi connectivity index (χ4n) is 2.08. The van der Waals surface area contributed by atoms with Crippen LogP contribution in [0.15, 0.2) is 48.5 Å². The molecule has 5 nitrogen and oxygen atoms in total. The van der Waals surface area contributed by atoms with E-state index in [4.69, 9.17) is 9.47 Å². The molecule has 0 aromatic heterocycles.